The molecule has 1 aromatic rings. The Labute approximate surface area is 104 Å². The van der Waals surface area contributed by atoms with Crippen LogP contribution in [0.25, 0.3) is 0 Å². The molecule has 1 fully saturated rings. The molecule has 0 spiro atoms. The summed E-state index contributed by atoms with van der Waals surface area (Å²) in [5, 5.41) is 4.43. The molecule has 0 aliphatic carbocycles. The Morgan fingerprint density at radius 3 is 2.93 bits per heavy atom. The summed E-state index contributed by atoms with van der Waals surface area (Å²) in [6.45, 7) is 4.46. The van der Waals surface area contributed by atoms with Crippen LogP contribution in [0.2, 0.25) is 0 Å². The molecule has 2 atom stereocenters. The number of anilines is 1. The summed E-state index contributed by atoms with van der Waals surface area (Å²) in [5.74, 6) is 1.23. The van der Waals surface area contributed by atoms with Crippen molar-refractivity contribution in [2.45, 2.75) is 31.6 Å². The molecule has 3 heteroatoms. The van der Waals surface area contributed by atoms with Gasteiger partial charge in [0, 0.05) is 27.2 Å². The lowest BCUT2D eigenvalue weighted by Crippen LogP contribution is -2.19. The highest BCUT2D eigenvalue weighted by Gasteiger charge is 2.21. The molecular formula is C12H16BrNS. The Hall–Kier alpha value is -0.150. The van der Waals surface area contributed by atoms with E-state index in [4.69, 9.17) is 0 Å². The van der Waals surface area contributed by atoms with Crippen molar-refractivity contribution in [3.8, 4) is 0 Å². The number of nitrogens with one attached hydrogen (secondary N) is 1. The summed E-state index contributed by atoms with van der Waals surface area (Å²) < 4.78 is 1.15. The minimum absolute atomic E-state index is 0.637. The Morgan fingerprint density at radius 2 is 2.27 bits per heavy atom. The lowest BCUT2D eigenvalue weighted by molar-refractivity contribution is 0.746. The Balaban J connectivity index is 2.07. The topological polar surface area (TPSA) is 12.0 Å². The molecule has 1 saturated heterocycles. The third-order valence-electron chi connectivity index (χ3n) is 2.76. The molecule has 0 bridgehead atoms. The van der Waals surface area contributed by atoms with Gasteiger partial charge in [-0.2, -0.15) is 11.8 Å². The molecule has 1 nitrogen and oxygen atoms in total. The third-order valence-corrected chi connectivity index (χ3v) is 4.61. The lowest BCUT2D eigenvalue weighted by Gasteiger charge is -2.15. The van der Waals surface area contributed by atoms with Crippen molar-refractivity contribution in [2.24, 2.45) is 0 Å². The zero-order valence-corrected chi connectivity index (χ0v) is 11.5. The average molecular weight is 286 g/mol. The summed E-state index contributed by atoms with van der Waals surface area (Å²) in [4.78, 5) is 0. The van der Waals surface area contributed by atoms with E-state index in [9.17, 15) is 0 Å². The van der Waals surface area contributed by atoms with Gasteiger partial charge in [0.05, 0.1) is 0 Å². The summed E-state index contributed by atoms with van der Waals surface area (Å²) in [5.41, 5.74) is 2.59. The van der Waals surface area contributed by atoms with Gasteiger partial charge in [0.25, 0.3) is 0 Å². The second-order valence-corrected chi connectivity index (χ2v) is 6.57. The standard InChI is InChI=1S/C12H16BrNS/c1-8-3-4-10(13)6-12(8)14-11-5-9(2)15-7-11/h3-4,6,9,11,14H,5,7H2,1-2H3. The molecule has 82 valence electrons. The average Bonchev–Trinajstić information content (AvgIpc) is 2.58. The van der Waals surface area contributed by atoms with Crippen LogP contribution in [-0.2, 0) is 0 Å². The van der Waals surface area contributed by atoms with Crippen molar-refractivity contribution >= 4 is 33.4 Å². The molecule has 1 aliphatic heterocycles. The van der Waals surface area contributed by atoms with Gasteiger partial charge in [-0.1, -0.05) is 28.9 Å². The zero-order chi connectivity index (χ0) is 10.8. The molecule has 2 rings (SSSR count). The van der Waals surface area contributed by atoms with Gasteiger partial charge in [-0.05, 0) is 31.0 Å². The SMILES string of the molecule is Cc1ccc(Br)cc1NC1CSC(C)C1. The summed E-state index contributed by atoms with van der Waals surface area (Å²) in [7, 11) is 0. The fourth-order valence-corrected chi connectivity index (χ4v) is 3.40. The smallest absolute Gasteiger partial charge is 0.0383 e. The fraction of sp³-hybridized carbons (Fsp3) is 0.500. The molecule has 0 amide bonds. The molecule has 0 radical (unpaired) electrons. The summed E-state index contributed by atoms with van der Waals surface area (Å²) >= 11 is 5.57. The van der Waals surface area contributed by atoms with Crippen molar-refractivity contribution in [1.82, 2.24) is 0 Å². The monoisotopic (exact) mass is 285 g/mol. The van der Waals surface area contributed by atoms with Crippen molar-refractivity contribution in [3.05, 3.63) is 28.2 Å². The van der Waals surface area contributed by atoms with Crippen LogP contribution in [0.1, 0.15) is 18.9 Å². The first-order valence-corrected chi connectivity index (χ1v) is 7.13. The van der Waals surface area contributed by atoms with E-state index >= 15 is 0 Å². The normalized spacial score (nSPS) is 25.5. The van der Waals surface area contributed by atoms with E-state index in [0.717, 1.165) is 9.72 Å². The highest BCUT2D eigenvalue weighted by atomic mass is 79.9. The van der Waals surface area contributed by atoms with E-state index in [1.807, 2.05) is 0 Å². The Kier molecular flexibility index (Phi) is 3.62. The molecule has 1 N–H and O–H groups in total. The Morgan fingerprint density at radius 1 is 1.47 bits per heavy atom. The molecule has 1 aliphatic rings. The van der Waals surface area contributed by atoms with Crippen LogP contribution >= 0.6 is 27.7 Å². The number of aryl methyl sites for hydroxylation is 1. The van der Waals surface area contributed by atoms with Gasteiger partial charge in [0.1, 0.15) is 0 Å². The minimum Gasteiger partial charge on any atom is -0.381 e. The third kappa shape index (κ3) is 2.91. The first-order valence-electron chi connectivity index (χ1n) is 5.29. The van der Waals surface area contributed by atoms with Crippen molar-refractivity contribution in [1.29, 1.82) is 0 Å². The van der Waals surface area contributed by atoms with Crippen LogP contribution in [0.15, 0.2) is 22.7 Å². The van der Waals surface area contributed by atoms with Crippen LogP contribution in [0.3, 0.4) is 0 Å². The van der Waals surface area contributed by atoms with Gasteiger partial charge in [-0.3, -0.25) is 0 Å². The molecular weight excluding hydrogens is 270 g/mol. The maximum atomic E-state index is 3.63. The first-order chi connectivity index (χ1) is 7.15. The van der Waals surface area contributed by atoms with Gasteiger partial charge >= 0.3 is 0 Å². The number of rotatable bonds is 2. The van der Waals surface area contributed by atoms with Crippen LogP contribution in [-0.4, -0.2) is 17.0 Å². The predicted octanol–water partition coefficient (Wildman–Crippen LogP) is 4.06. The molecule has 2 unspecified atom stereocenters. The molecule has 15 heavy (non-hydrogen) atoms. The van der Waals surface area contributed by atoms with E-state index in [1.165, 1.54) is 23.4 Å². The number of halogens is 1. The first kappa shape index (κ1) is 11.3. The number of thioether (sulfide) groups is 1. The van der Waals surface area contributed by atoms with Gasteiger partial charge in [0.15, 0.2) is 0 Å². The van der Waals surface area contributed by atoms with Crippen LogP contribution in [0.4, 0.5) is 5.69 Å². The predicted molar refractivity (Wildman–Crippen MR) is 72.8 cm³/mol. The summed E-state index contributed by atoms with van der Waals surface area (Å²) in [6, 6.07) is 7.05. The summed E-state index contributed by atoms with van der Waals surface area (Å²) in [6.07, 6.45) is 1.27. The van der Waals surface area contributed by atoms with Gasteiger partial charge in [0.2, 0.25) is 0 Å². The second kappa shape index (κ2) is 4.79. The van der Waals surface area contributed by atoms with E-state index in [-0.39, 0.29) is 0 Å². The number of benzene rings is 1. The molecule has 0 saturated carbocycles. The largest absolute Gasteiger partial charge is 0.381 e. The minimum atomic E-state index is 0.637. The zero-order valence-electron chi connectivity index (χ0n) is 9.09. The second-order valence-electron chi connectivity index (χ2n) is 4.18. The van der Waals surface area contributed by atoms with E-state index < -0.39 is 0 Å². The Bertz CT molecular complexity index is 353. The van der Waals surface area contributed by atoms with Crippen LogP contribution in [0.5, 0.6) is 0 Å². The number of hydrogen-bond donors (Lipinski definition) is 1. The van der Waals surface area contributed by atoms with E-state index in [0.29, 0.717) is 6.04 Å². The lowest BCUT2D eigenvalue weighted by atomic mass is 10.1. The van der Waals surface area contributed by atoms with Crippen molar-refractivity contribution < 1.29 is 0 Å². The van der Waals surface area contributed by atoms with Gasteiger partial charge in [-0.25, -0.2) is 0 Å². The van der Waals surface area contributed by atoms with Crippen molar-refractivity contribution in [3.63, 3.8) is 0 Å². The maximum Gasteiger partial charge on any atom is 0.0383 e. The van der Waals surface area contributed by atoms with Crippen molar-refractivity contribution in [2.75, 3.05) is 11.1 Å². The number of hydrogen-bond acceptors (Lipinski definition) is 2. The molecule has 0 aromatic heterocycles. The quantitative estimate of drug-likeness (QED) is 0.879. The highest BCUT2D eigenvalue weighted by molar-refractivity contribution is 9.10. The van der Waals surface area contributed by atoms with Crippen LogP contribution < -0.4 is 5.32 Å². The highest BCUT2D eigenvalue weighted by Crippen LogP contribution is 2.30. The fourth-order valence-electron chi connectivity index (χ4n) is 1.89. The molecule has 1 heterocycles. The maximum absolute atomic E-state index is 3.63. The van der Waals surface area contributed by atoms with Gasteiger partial charge in [-0.15, -0.1) is 0 Å². The molecule has 1 aromatic carbocycles. The van der Waals surface area contributed by atoms with Crippen LogP contribution in [0, 0.1) is 6.92 Å². The van der Waals surface area contributed by atoms with E-state index in [2.05, 4.69) is 65.1 Å². The van der Waals surface area contributed by atoms with Gasteiger partial charge < -0.3 is 5.32 Å². The van der Waals surface area contributed by atoms with E-state index in [1.54, 1.807) is 0 Å².